The van der Waals surface area contributed by atoms with Gasteiger partial charge in [-0.15, -0.1) is 0 Å². The normalized spacial score (nSPS) is 16.4. The molecule has 1 N–H and O–H groups in total. The molecule has 10 nitrogen and oxygen atoms in total. The first-order valence-corrected chi connectivity index (χ1v) is 13.5. The van der Waals surface area contributed by atoms with E-state index in [9.17, 15) is 24.8 Å². The number of aromatic nitrogens is 1. The summed E-state index contributed by atoms with van der Waals surface area (Å²) in [6.07, 6.45) is 0.780. The first-order chi connectivity index (χ1) is 19.3. The molecular weight excluding hydrogens is 534 g/mol. The lowest BCUT2D eigenvalue weighted by Crippen LogP contribution is -2.29. The zero-order valence-corrected chi connectivity index (χ0v) is 22.5. The third kappa shape index (κ3) is 4.98. The molecule has 1 saturated heterocycles. The number of non-ortho nitro benzene ring substituents is 1. The molecule has 40 heavy (non-hydrogen) atoms. The minimum absolute atomic E-state index is 0.201. The van der Waals surface area contributed by atoms with Crippen molar-refractivity contribution >= 4 is 49.8 Å². The summed E-state index contributed by atoms with van der Waals surface area (Å²) in [6, 6.07) is 16.4. The monoisotopic (exact) mass is 559 g/mol. The first kappa shape index (κ1) is 26.8. The lowest BCUT2D eigenvalue weighted by molar-refractivity contribution is -0.384. The molecule has 0 spiro atoms. The maximum absolute atomic E-state index is 13.5. The second-order valence-electron chi connectivity index (χ2n) is 8.96. The third-order valence-electron chi connectivity index (χ3n) is 6.29. The zero-order valence-electron chi connectivity index (χ0n) is 21.7. The van der Waals surface area contributed by atoms with Gasteiger partial charge in [-0.1, -0.05) is 42.5 Å². The van der Waals surface area contributed by atoms with Crippen LogP contribution in [0.3, 0.4) is 0 Å². The molecule has 0 radical (unpaired) electrons. The van der Waals surface area contributed by atoms with E-state index in [-0.39, 0.29) is 27.5 Å². The van der Waals surface area contributed by atoms with E-state index in [1.165, 1.54) is 34.4 Å². The summed E-state index contributed by atoms with van der Waals surface area (Å²) >= 11 is 1.17. The van der Waals surface area contributed by atoms with Gasteiger partial charge >= 0.3 is 5.91 Å². The third-order valence-corrected chi connectivity index (χ3v) is 7.30. The van der Waals surface area contributed by atoms with Gasteiger partial charge in [0.2, 0.25) is 0 Å². The molecular formula is C29H25N3O7S. The molecule has 5 rings (SSSR count). The average molecular weight is 560 g/mol. The van der Waals surface area contributed by atoms with E-state index >= 15 is 0 Å². The van der Waals surface area contributed by atoms with E-state index in [0.717, 1.165) is 11.1 Å². The quantitative estimate of drug-likeness (QED) is 0.0866. The van der Waals surface area contributed by atoms with Gasteiger partial charge in [0.05, 0.1) is 40.0 Å². The summed E-state index contributed by atoms with van der Waals surface area (Å²) in [5.74, 6) is -1.13. The molecule has 1 amide bonds. The van der Waals surface area contributed by atoms with Gasteiger partial charge in [-0.3, -0.25) is 24.6 Å². The number of amides is 1. The Labute approximate surface area is 233 Å². The summed E-state index contributed by atoms with van der Waals surface area (Å²) in [4.78, 5) is 43.8. The molecule has 1 atom stereocenters. The van der Waals surface area contributed by atoms with E-state index in [1.807, 2.05) is 13.8 Å². The number of hydrogen-bond acceptors (Lipinski definition) is 9. The van der Waals surface area contributed by atoms with Crippen LogP contribution in [-0.4, -0.2) is 39.9 Å². The molecule has 0 bridgehead atoms. The number of aliphatic hydroxyl groups is 1. The van der Waals surface area contributed by atoms with Gasteiger partial charge in [-0.05, 0) is 49.2 Å². The number of nitro benzene ring substituents is 1. The second kappa shape index (κ2) is 11.1. The fourth-order valence-electron chi connectivity index (χ4n) is 4.51. The molecule has 4 aromatic rings. The fourth-order valence-corrected chi connectivity index (χ4v) is 5.54. The Morgan fingerprint density at radius 1 is 1.05 bits per heavy atom. The molecule has 1 aliphatic rings. The van der Waals surface area contributed by atoms with Crippen molar-refractivity contribution in [2.45, 2.75) is 26.3 Å². The van der Waals surface area contributed by atoms with Crippen LogP contribution in [0.25, 0.3) is 16.0 Å². The topological polar surface area (TPSA) is 132 Å². The lowest BCUT2D eigenvalue weighted by Gasteiger charge is -2.22. The SMILES string of the molecule is CCCOc1cccc(C(O)=C2C(=O)C(=O)N(c3nc4ccc(OCC)cc4s3)C2c2cccc([N+](=O)[O-])c2)c1. The fraction of sp³-hybridized carbons (Fsp3) is 0.207. The highest BCUT2D eigenvalue weighted by atomic mass is 32.1. The van der Waals surface area contributed by atoms with Crippen LogP contribution in [0.1, 0.15) is 37.4 Å². The molecule has 1 fully saturated rings. The predicted molar refractivity (Wildman–Crippen MR) is 151 cm³/mol. The van der Waals surface area contributed by atoms with Crippen LogP contribution in [0.15, 0.2) is 72.3 Å². The zero-order chi connectivity index (χ0) is 28.4. The number of anilines is 1. The highest BCUT2D eigenvalue weighted by Crippen LogP contribution is 2.45. The number of rotatable bonds is 9. The van der Waals surface area contributed by atoms with E-state index < -0.39 is 28.4 Å². The van der Waals surface area contributed by atoms with Crippen molar-refractivity contribution in [3.63, 3.8) is 0 Å². The number of fused-ring (bicyclic) bond motifs is 1. The molecule has 2 heterocycles. The van der Waals surface area contributed by atoms with Gasteiger partial charge in [0.1, 0.15) is 17.3 Å². The number of aliphatic hydroxyl groups excluding tert-OH is 1. The lowest BCUT2D eigenvalue weighted by atomic mass is 9.95. The maximum Gasteiger partial charge on any atom is 0.301 e. The minimum Gasteiger partial charge on any atom is -0.507 e. The van der Waals surface area contributed by atoms with Gasteiger partial charge in [0.25, 0.3) is 11.5 Å². The standard InChI is InChI=1S/C29H25N3O7S/c1-3-13-39-20-10-6-8-18(15-20)26(33)24-25(17-7-5-9-19(14-17)32(36)37)31(28(35)27(24)34)29-30-22-12-11-21(38-4-2)16-23(22)40-29/h5-12,14-16,25,33H,3-4,13H2,1-2H3. The Morgan fingerprint density at radius 2 is 1.82 bits per heavy atom. The Balaban J connectivity index is 1.69. The van der Waals surface area contributed by atoms with Crippen molar-refractivity contribution < 1.29 is 29.1 Å². The number of ketones is 1. The number of ether oxygens (including phenoxy) is 2. The summed E-state index contributed by atoms with van der Waals surface area (Å²) < 4.78 is 12.0. The average Bonchev–Trinajstić information content (AvgIpc) is 3.49. The van der Waals surface area contributed by atoms with Crippen LogP contribution in [0.2, 0.25) is 0 Å². The highest BCUT2D eigenvalue weighted by molar-refractivity contribution is 7.22. The highest BCUT2D eigenvalue weighted by Gasteiger charge is 2.48. The molecule has 1 aliphatic heterocycles. The number of hydrogen-bond donors (Lipinski definition) is 1. The van der Waals surface area contributed by atoms with Crippen molar-refractivity contribution in [1.82, 2.24) is 4.98 Å². The molecule has 1 unspecified atom stereocenters. The molecule has 1 aromatic heterocycles. The summed E-state index contributed by atoms with van der Waals surface area (Å²) in [5.41, 5.74) is 0.718. The van der Waals surface area contributed by atoms with Crippen molar-refractivity contribution in [3.05, 3.63) is 93.5 Å². The number of Topliss-reactive ketones (excluding diaryl/α,β-unsaturated/α-hetero) is 1. The Bertz CT molecular complexity index is 1660. The van der Waals surface area contributed by atoms with Gasteiger partial charge in [0, 0.05) is 17.7 Å². The smallest absolute Gasteiger partial charge is 0.301 e. The number of nitrogens with zero attached hydrogens (tertiary/aromatic N) is 3. The van der Waals surface area contributed by atoms with Gasteiger partial charge in [-0.2, -0.15) is 0 Å². The predicted octanol–water partition coefficient (Wildman–Crippen LogP) is 6.02. The summed E-state index contributed by atoms with van der Waals surface area (Å²) in [6.45, 7) is 4.77. The minimum atomic E-state index is -1.16. The summed E-state index contributed by atoms with van der Waals surface area (Å²) in [7, 11) is 0. The van der Waals surface area contributed by atoms with E-state index in [0.29, 0.717) is 30.2 Å². The molecule has 11 heteroatoms. The largest absolute Gasteiger partial charge is 0.507 e. The van der Waals surface area contributed by atoms with Crippen molar-refractivity contribution in [2.75, 3.05) is 18.1 Å². The summed E-state index contributed by atoms with van der Waals surface area (Å²) in [5, 5.41) is 23.2. The van der Waals surface area contributed by atoms with Gasteiger partial charge < -0.3 is 14.6 Å². The Kier molecular flexibility index (Phi) is 7.47. The van der Waals surface area contributed by atoms with Gasteiger partial charge in [0.15, 0.2) is 5.13 Å². The van der Waals surface area contributed by atoms with Gasteiger partial charge in [-0.25, -0.2) is 4.98 Å². The number of thiazole rings is 1. The van der Waals surface area contributed by atoms with E-state index in [1.54, 1.807) is 48.5 Å². The van der Waals surface area contributed by atoms with Crippen LogP contribution in [-0.2, 0) is 9.59 Å². The van der Waals surface area contributed by atoms with Crippen LogP contribution in [0.5, 0.6) is 11.5 Å². The number of carbonyl (C=O) groups excluding carboxylic acids is 2. The van der Waals surface area contributed by atoms with Crippen LogP contribution < -0.4 is 14.4 Å². The van der Waals surface area contributed by atoms with Crippen molar-refractivity contribution in [2.24, 2.45) is 0 Å². The number of carbonyl (C=O) groups is 2. The number of nitro groups is 1. The second-order valence-corrected chi connectivity index (χ2v) is 9.97. The Morgan fingerprint density at radius 3 is 2.58 bits per heavy atom. The molecule has 3 aromatic carbocycles. The Hall–Kier alpha value is -4.77. The van der Waals surface area contributed by atoms with Crippen LogP contribution in [0, 0.1) is 10.1 Å². The molecule has 0 aliphatic carbocycles. The molecule has 204 valence electrons. The van der Waals surface area contributed by atoms with E-state index in [4.69, 9.17) is 9.47 Å². The number of benzene rings is 3. The molecule has 0 saturated carbocycles. The van der Waals surface area contributed by atoms with Crippen LogP contribution in [0.4, 0.5) is 10.8 Å². The maximum atomic E-state index is 13.5. The van der Waals surface area contributed by atoms with Crippen molar-refractivity contribution in [1.29, 1.82) is 0 Å². The van der Waals surface area contributed by atoms with E-state index in [2.05, 4.69) is 4.98 Å². The first-order valence-electron chi connectivity index (χ1n) is 12.6. The van der Waals surface area contributed by atoms with Crippen LogP contribution >= 0.6 is 11.3 Å². The van der Waals surface area contributed by atoms with Crippen molar-refractivity contribution in [3.8, 4) is 11.5 Å².